The molecule has 0 saturated heterocycles. The molecule has 0 bridgehead atoms. The minimum Gasteiger partial charge on any atom is -1.00 e. The first-order chi connectivity index (χ1) is 12.1. The maximum atomic E-state index is 10.1. The molecule has 0 fully saturated rings. The van der Waals surface area contributed by atoms with Crippen molar-refractivity contribution in [1.29, 1.82) is 5.26 Å². The van der Waals surface area contributed by atoms with Gasteiger partial charge in [0.2, 0.25) is 0 Å². The summed E-state index contributed by atoms with van der Waals surface area (Å²) in [5.41, 5.74) is 2.14. The van der Waals surface area contributed by atoms with Gasteiger partial charge in [0.15, 0.2) is 28.6 Å². The van der Waals surface area contributed by atoms with Gasteiger partial charge in [0.05, 0.1) is 31.3 Å². The molecule has 0 saturated carbocycles. The molecule has 3 rings (SSSR count). The fourth-order valence-corrected chi connectivity index (χ4v) is 2.76. The topological polar surface area (TPSA) is 92.0 Å². The summed E-state index contributed by atoms with van der Waals surface area (Å²) >= 11 is 6.02. The van der Waals surface area contributed by atoms with Crippen molar-refractivity contribution >= 4 is 33.9 Å². The lowest BCUT2D eigenvalue weighted by molar-refractivity contribution is -0.477. The van der Waals surface area contributed by atoms with Gasteiger partial charge in [0.25, 0.3) is 0 Å². The Morgan fingerprint density at radius 2 is 1.85 bits per heavy atom. The SMILES string of the molecule is COc1cc2ncc(C#N)c([NH2+]c3cc(Cl)ccc3O)c2cc1OC.[Cl-]. The molecule has 0 amide bonds. The highest BCUT2D eigenvalue weighted by Crippen LogP contribution is 2.35. The molecule has 0 aliphatic heterocycles. The molecular weight excluding hydrogens is 377 g/mol. The Kier molecular flexibility index (Phi) is 6.11. The van der Waals surface area contributed by atoms with Crippen molar-refractivity contribution in [2.45, 2.75) is 0 Å². The van der Waals surface area contributed by atoms with Crippen molar-refractivity contribution in [3.63, 3.8) is 0 Å². The van der Waals surface area contributed by atoms with Gasteiger partial charge in [-0.1, -0.05) is 11.6 Å². The maximum absolute atomic E-state index is 10.1. The number of fused-ring (bicyclic) bond motifs is 1. The Balaban J connectivity index is 0.00000243. The van der Waals surface area contributed by atoms with Crippen LogP contribution in [0.3, 0.4) is 0 Å². The van der Waals surface area contributed by atoms with Gasteiger partial charge in [-0.25, -0.2) is 0 Å². The number of ether oxygens (including phenoxy) is 2. The maximum Gasteiger partial charge on any atom is 0.178 e. The standard InChI is InChI=1S/C18H14ClN3O3.ClH/c1-24-16-6-12-13(7-17(16)25-2)21-9-10(8-20)18(12)22-14-5-11(19)3-4-15(14)23;/h3-7,9,23H,1-2H3,(H,21,22);1H. The number of quaternary nitrogens is 1. The van der Waals surface area contributed by atoms with Gasteiger partial charge in [-0.2, -0.15) is 5.26 Å². The van der Waals surface area contributed by atoms with Crippen LogP contribution in [0.2, 0.25) is 5.02 Å². The molecule has 3 N–H and O–H groups in total. The molecule has 1 heterocycles. The molecule has 3 aromatic rings. The molecule has 134 valence electrons. The second kappa shape index (κ2) is 8.11. The zero-order valence-corrected chi connectivity index (χ0v) is 15.5. The number of pyridine rings is 1. The van der Waals surface area contributed by atoms with E-state index in [9.17, 15) is 10.4 Å². The predicted octanol–water partition coefficient (Wildman–Crippen LogP) is 0.0133. The number of phenolic OH excluding ortho intramolecular Hbond substituents is 1. The van der Waals surface area contributed by atoms with Crippen molar-refractivity contribution in [1.82, 2.24) is 4.98 Å². The van der Waals surface area contributed by atoms with Gasteiger partial charge in [-0.05, 0) is 18.2 Å². The number of nitriles is 1. The number of nitrogens with two attached hydrogens (primary N) is 1. The Labute approximate surface area is 161 Å². The summed E-state index contributed by atoms with van der Waals surface area (Å²) in [5.74, 6) is 1.14. The van der Waals surface area contributed by atoms with Crippen LogP contribution in [-0.2, 0) is 0 Å². The molecule has 0 atom stereocenters. The summed E-state index contributed by atoms with van der Waals surface area (Å²) in [6.07, 6.45) is 1.49. The van der Waals surface area contributed by atoms with Gasteiger partial charge >= 0.3 is 0 Å². The first-order valence-electron chi connectivity index (χ1n) is 7.35. The zero-order chi connectivity index (χ0) is 18.0. The number of halogens is 2. The fourth-order valence-electron chi connectivity index (χ4n) is 2.58. The van der Waals surface area contributed by atoms with Crippen molar-refractivity contribution in [2.75, 3.05) is 14.2 Å². The second-order valence-electron chi connectivity index (χ2n) is 5.27. The highest BCUT2D eigenvalue weighted by Gasteiger charge is 2.19. The quantitative estimate of drug-likeness (QED) is 0.482. The summed E-state index contributed by atoms with van der Waals surface area (Å²) in [6, 6.07) is 10.4. The molecule has 0 radical (unpaired) electrons. The minimum atomic E-state index is 0. The Hall–Kier alpha value is -2.72. The van der Waals surface area contributed by atoms with E-state index in [0.29, 0.717) is 44.4 Å². The number of phenols is 1. The van der Waals surface area contributed by atoms with Crippen LogP contribution in [0, 0.1) is 11.3 Å². The van der Waals surface area contributed by atoms with Crippen LogP contribution in [0.1, 0.15) is 5.56 Å². The van der Waals surface area contributed by atoms with Gasteiger partial charge < -0.3 is 27.0 Å². The van der Waals surface area contributed by atoms with E-state index in [4.69, 9.17) is 21.1 Å². The van der Waals surface area contributed by atoms with E-state index in [2.05, 4.69) is 11.1 Å². The van der Waals surface area contributed by atoms with E-state index in [1.165, 1.54) is 19.4 Å². The first-order valence-corrected chi connectivity index (χ1v) is 7.73. The van der Waals surface area contributed by atoms with Crippen molar-refractivity contribution in [3.8, 4) is 23.3 Å². The Morgan fingerprint density at radius 3 is 2.50 bits per heavy atom. The van der Waals surface area contributed by atoms with E-state index < -0.39 is 0 Å². The highest BCUT2D eigenvalue weighted by atomic mass is 35.5. The van der Waals surface area contributed by atoms with Crippen molar-refractivity contribution in [2.24, 2.45) is 0 Å². The lowest BCUT2D eigenvalue weighted by Crippen LogP contribution is -3.00. The molecule has 0 aliphatic carbocycles. The lowest BCUT2D eigenvalue weighted by Gasteiger charge is -2.11. The van der Waals surface area contributed by atoms with Gasteiger partial charge in [-0.15, -0.1) is 0 Å². The number of rotatable bonds is 4. The number of aromatic nitrogens is 1. The van der Waals surface area contributed by atoms with Gasteiger partial charge in [-0.3, -0.25) is 10.3 Å². The summed E-state index contributed by atoms with van der Waals surface area (Å²) in [4.78, 5) is 4.31. The molecule has 6 nitrogen and oxygen atoms in total. The molecule has 0 spiro atoms. The average molecular weight is 392 g/mol. The van der Waals surface area contributed by atoms with E-state index in [1.807, 2.05) is 0 Å². The van der Waals surface area contributed by atoms with E-state index >= 15 is 0 Å². The summed E-state index contributed by atoms with van der Waals surface area (Å²) < 4.78 is 10.6. The number of benzene rings is 2. The molecule has 1 aromatic heterocycles. The minimum absolute atomic E-state index is 0. The van der Waals surface area contributed by atoms with Crippen LogP contribution >= 0.6 is 11.6 Å². The number of hydrogen-bond donors (Lipinski definition) is 2. The highest BCUT2D eigenvalue weighted by molar-refractivity contribution is 6.30. The van der Waals surface area contributed by atoms with Crippen LogP contribution in [-0.4, -0.2) is 24.3 Å². The van der Waals surface area contributed by atoms with Crippen LogP contribution in [0.5, 0.6) is 17.2 Å². The largest absolute Gasteiger partial charge is 1.00 e. The normalized spacial score (nSPS) is 10.1. The molecule has 0 aliphatic rings. The first kappa shape index (κ1) is 19.6. The van der Waals surface area contributed by atoms with Crippen LogP contribution in [0.25, 0.3) is 10.9 Å². The number of nitrogens with zero attached hydrogens (tertiary/aromatic N) is 2. The predicted molar refractivity (Wildman–Crippen MR) is 93.9 cm³/mol. The molecule has 26 heavy (non-hydrogen) atoms. The monoisotopic (exact) mass is 391 g/mol. The van der Waals surface area contributed by atoms with Crippen LogP contribution in [0.4, 0.5) is 11.4 Å². The van der Waals surface area contributed by atoms with E-state index in [0.717, 1.165) is 0 Å². The Morgan fingerprint density at radius 1 is 1.15 bits per heavy atom. The number of methoxy groups -OCH3 is 2. The second-order valence-corrected chi connectivity index (χ2v) is 5.71. The third-order valence-corrected chi connectivity index (χ3v) is 4.06. The summed E-state index contributed by atoms with van der Waals surface area (Å²) in [7, 11) is 3.09. The molecule has 2 aromatic carbocycles. The average Bonchev–Trinajstić information content (AvgIpc) is 2.63. The summed E-state index contributed by atoms with van der Waals surface area (Å²) in [6.45, 7) is 0. The van der Waals surface area contributed by atoms with Crippen LogP contribution < -0.4 is 27.2 Å². The smallest absolute Gasteiger partial charge is 0.178 e. The third kappa shape index (κ3) is 3.60. The van der Waals surface area contributed by atoms with Crippen LogP contribution in [0.15, 0.2) is 36.5 Å². The summed E-state index contributed by atoms with van der Waals surface area (Å²) in [5, 5.41) is 22.4. The van der Waals surface area contributed by atoms with Crippen molar-refractivity contribution < 1.29 is 32.3 Å². The molecule has 8 heteroatoms. The molecular formula is C18H15Cl2N3O3. The van der Waals surface area contributed by atoms with E-state index in [-0.39, 0.29) is 18.2 Å². The van der Waals surface area contributed by atoms with Gasteiger partial charge in [0, 0.05) is 17.2 Å². The fraction of sp³-hybridized carbons (Fsp3) is 0.111. The third-order valence-electron chi connectivity index (χ3n) is 3.82. The van der Waals surface area contributed by atoms with Gasteiger partial charge in [0.1, 0.15) is 11.6 Å². The van der Waals surface area contributed by atoms with E-state index in [1.54, 1.807) is 36.7 Å². The number of aromatic hydroxyl groups is 1. The molecule has 0 unspecified atom stereocenters. The van der Waals surface area contributed by atoms with Crippen molar-refractivity contribution in [3.05, 3.63) is 47.1 Å². The number of hydrogen-bond acceptors (Lipinski definition) is 5. The zero-order valence-electron chi connectivity index (χ0n) is 14.0. The Bertz CT molecular complexity index is 1000. The lowest BCUT2D eigenvalue weighted by atomic mass is 10.1.